The summed E-state index contributed by atoms with van der Waals surface area (Å²) in [5, 5.41) is 1.82. The summed E-state index contributed by atoms with van der Waals surface area (Å²) in [6.45, 7) is 1.90. The van der Waals surface area contributed by atoms with Crippen molar-refractivity contribution in [1.82, 2.24) is 9.97 Å². The molecule has 0 fully saturated rings. The Bertz CT molecular complexity index is 1260. The summed E-state index contributed by atoms with van der Waals surface area (Å²) in [5.41, 5.74) is 1.69. The van der Waals surface area contributed by atoms with Crippen LogP contribution in [0.2, 0.25) is 5.02 Å². The zero-order valence-electron chi connectivity index (χ0n) is 13.7. The summed E-state index contributed by atoms with van der Waals surface area (Å²) >= 11 is 6.16. The lowest BCUT2D eigenvalue weighted by Gasteiger charge is -2.11. The molecule has 0 spiro atoms. The number of aryl methyl sites for hydroxylation is 1. The van der Waals surface area contributed by atoms with E-state index in [9.17, 15) is 8.42 Å². The molecule has 130 valence electrons. The van der Waals surface area contributed by atoms with Gasteiger partial charge in [0.05, 0.1) is 10.5 Å². The van der Waals surface area contributed by atoms with Gasteiger partial charge in [-0.05, 0) is 48.9 Å². The molecule has 5 nitrogen and oxygen atoms in total. The Morgan fingerprint density at radius 3 is 2.69 bits per heavy atom. The molecule has 0 radical (unpaired) electrons. The van der Waals surface area contributed by atoms with Gasteiger partial charge in [0, 0.05) is 23.2 Å². The number of halogens is 1. The molecule has 4 rings (SSSR count). The van der Waals surface area contributed by atoms with Gasteiger partial charge in [-0.3, -0.25) is 9.97 Å². The molecule has 2 heterocycles. The van der Waals surface area contributed by atoms with Crippen molar-refractivity contribution in [1.29, 1.82) is 0 Å². The van der Waals surface area contributed by atoms with Gasteiger partial charge in [-0.1, -0.05) is 23.7 Å². The molecule has 26 heavy (non-hydrogen) atoms. The van der Waals surface area contributed by atoms with Crippen LogP contribution in [0.4, 0.5) is 0 Å². The Balaban J connectivity index is 1.86. The van der Waals surface area contributed by atoms with Crippen molar-refractivity contribution in [3.8, 4) is 5.75 Å². The Morgan fingerprint density at radius 1 is 1.00 bits per heavy atom. The van der Waals surface area contributed by atoms with Crippen LogP contribution in [0, 0.1) is 6.92 Å². The molecule has 2 aromatic carbocycles. The van der Waals surface area contributed by atoms with E-state index in [0.717, 1.165) is 10.9 Å². The van der Waals surface area contributed by atoms with Crippen LogP contribution in [0.15, 0.2) is 65.8 Å². The van der Waals surface area contributed by atoms with Crippen LogP contribution in [0.25, 0.3) is 21.8 Å². The standard InChI is InChI=1S/C19H13ClN2O3S/c1-12-10-13-4-2-6-17(18(13)22-11-12)26(23,24)25-16-8-7-15(20)14-5-3-9-21-19(14)16/h2-11H,1H3. The Labute approximate surface area is 155 Å². The number of rotatable bonds is 3. The first-order chi connectivity index (χ1) is 12.5. The monoisotopic (exact) mass is 384 g/mol. The largest absolute Gasteiger partial charge is 0.377 e. The van der Waals surface area contributed by atoms with Crippen molar-refractivity contribution >= 4 is 43.5 Å². The molecule has 0 N–H and O–H groups in total. The quantitative estimate of drug-likeness (QED) is 0.486. The predicted molar refractivity (Wildman–Crippen MR) is 101 cm³/mol. The number of fused-ring (bicyclic) bond motifs is 2. The van der Waals surface area contributed by atoms with E-state index in [1.54, 1.807) is 36.7 Å². The summed E-state index contributed by atoms with van der Waals surface area (Å²) in [6.07, 6.45) is 3.18. The zero-order valence-corrected chi connectivity index (χ0v) is 15.3. The fraction of sp³-hybridized carbons (Fsp3) is 0.0526. The Hall–Kier alpha value is -2.70. The third kappa shape index (κ3) is 2.87. The fourth-order valence-electron chi connectivity index (χ4n) is 2.79. The molecule has 4 aromatic rings. The number of para-hydroxylation sites is 1. The molecule has 2 aromatic heterocycles. The van der Waals surface area contributed by atoms with Gasteiger partial charge >= 0.3 is 10.1 Å². The molecule has 0 aliphatic rings. The van der Waals surface area contributed by atoms with Crippen molar-refractivity contribution in [3.63, 3.8) is 0 Å². The second-order valence-electron chi connectivity index (χ2n) is 5.82. The Morgan fingerprint density at radius 2 is 1.85 bits per heavy atom. The van der Waals surface area contributed by atoms with Crippen molar-refractivity contribution in [3.05, 3.63) is 71.5 Å². The third-order valence-electron chi connectivity index (χ3n) is 3.96. The molecule has 0 aliphatic heterocycles. The van der Waals surface area contributed by atoms with E-state index >= 15 is 0 Å². The van der Waals surface area contributed by atoms with Crippen LogP contribution in [0.3, 0.4) is 0 Å². The van der Waals surface area contributed by atoms with E-state index in [4.69, 9.17) is 15.8 Å². The van der Waals surface area contributed by atoms with E-state index in [0.29, 0.717) is 21.4 Å². The number of benzene rings is 2. The molecule has 0 saturated carbocycles. The summed E-state index contributed by atoms with van der Waals surface area (Å²) < 4.78 is 31.2. The average Bonchev–Trinajstić information content (AvgIpc) is 2.63. The van der Waals surface area contributed by atoms with Crippen molar-refractivity contribution < 1.29 is 12.6 Å². The lowest BCUT2D eigenvalue weighted by molar-refractivity contribution is 0.489. The van der Waals surface area contributed by atoms with Crippen LogP contribution in [-0.4, -0.2) is 18.4 Å². The summed E-state index contributed by atoms with van der Waals surface area (Å²) in [6, 6.07) is 13.4. The summed E-state index contributed by atoms with van der Waals surface area (Å²) in [4.78, 5) is 8.48. The topological polar surface area (TPSA) is 69.2 Å². The second kappa shape index (κ2) is 6.23. The second-order valence-corrected chi connectivity index (χ2v) is 7.75. The lowest BCUT2D eigenvalue weighted by atomic mass is 10.2. The first kappa shape index (κ1) is 16.8. The SMILES string of the molecule is Cc1cnc2c(S(=O)(=O)Oc3ccc(Cl)c4cccnc34)cccc2c1. The van der Waals surface area contributed by atoms with Crippen molar-refractivity contribution in [2.24, 2.45) is 0 Å². The van der Waals surface area contributed by atoms with E-state index in [1.807, 2.05) is 19.1 Å². The predicted octanol–water partition coefficient (Wildman–Crippen LogP) is 4.51. The zero-order chi connectivity index (χ0) is 18.3. The molecular formula is C19H13ClN2O3S. The maximum absolute atomic E-state index is 12.9. The highest BCUT2D eigenvalue weighted by Gasteiger charge is 2.22. The smallest absolute Gasteiger partial charge is 0.341 e. The van der Waals surface area contributed by atoms with Crippen molar-refractivity contribution in [2.45, 2.75) is 11.8 Å². The number of hydrogen-bond donors (Lipinski definition) is 0. The number of pyridine rings is 2. The maximum Gasteiger partial charge on any atom is 0.341 e. The molecule has 7 heteroatoms. The van der Waals surface area contributed by atoms with Crippen LogP contribution < -0.4 is 4.18 Å². The number of nitrogens with zero attached hydrogens (tertiary/aromatic N) is 2. The van der Waals surface area contributed by atoms with Gasteiger partial charge < -0.3 is 4.18 Å². The minimum atomic E-state index is -4.10. The van der Waals surface area contributed by atoms with Crippen molar-refractivity contribution in [2.75, 3.05) is 0 Å². The first-order valence-corrected chi connectivity index (χ1v) is 9.57. The molecule has 0 unspecified atom stereocenters. The van der Waals surface area contributed by atoms with Gasteiger partial charge in [0.1, 0.15) is 10.4 Å². The minimum absolute atomic E-state index is 0.00836. The van der Waals surface area contributed by atoms with E-state index in [-0.39, 0.29) is 10.6 Å². The fourth-order valence-corrected chi connectivity index (χ4v) is 4.12. The molecule has 0 atom stereocenters. The third-order valence-corrected chi connectivity index (χ3v) is 5.56. The minimum Gasteiger partial charge on any atom is -0.377 e. The van der Waals surface area contributed by atoms with Crippen LogP contribution in [-0.2, 0) is 10.1 Å². The average molecular weight is 385 g/mol. The number of hydrogen-bond acceptors (Lipinski definition) is 5. The first-order valence-electron chi connectivity index (χ1n) is 7.79. The highest BCUT2D eigenvalue weighted by Crippen LogP contribution is 2.32. The highest BCUT2D eigenvalue weighted by molar-refractivity contribution is 7.87. The van der Waals surface area contributed by atoms with Gasteiger partial charge in [-0.2, -0.15) is 8.42 Å². The number of aromatic nitrogens is 2. The summed E-state index contributed by atoms with van der Waals surface area (Å²) in [5.74, 6) is 0.120. The molecule has 0 aliphatic carbocycles. The van der Waals surface area contributed by atoms with Crippen LogP contribution >= 0.6 is 11.6 Å². The van der Waals surface area contributed by atoms with E-state index in [1.165, 1.54) is 12.1 Å². The van der Waals surface area contributed by atoms with Gasteiger partial charge in [0.15, 0.2) is 5.75 Å². The van der Waals surface area contributed by atoms with Crippen LogP contribution in [0.1, 0.15) is 5.56 Å². The van der Waals surface area contributed by atoms with E-state index in [2.05, 4.69) is 9.97 Å². The highest BCUT2D eigenvalue weighted by atomic mass is 35.5. The molecule has 0 bridgehead atoms. The summed E-state index contributed by atoms with van der Waals surface area (Å²) in [7, 11) is -4.10. The molecular weight excluding hydrogens is 372 g/mol. The Kier molecular flexibility index (Phi) is 4.01. The lowest BCUT2D eigenvalue weighted by Crippen LogP contribution is -2.11. The molecule has 0 amide bonds. The van der Waals surface area contributed by atoms with Gasteiger partial charge in [0.25, 0.3) is 0 Å². The van der Waals surface area contributed by atoms with Gasteiger partial charge in [-0.15, -0.1) is 0 Å². The van der Waals surface area contributed by atoms with Gasteiger partial charge in [-0.25, -0.2) is 0 Å². The normalized spacial score (nSPS) is 11.8. The van der Waals surface area contributed by atoms with E-state index < -0.39 is 10.1 Å². The van der Waals surface area contributed by atoms with Gasteiger partial charge in [0.2, 0.25) is 0 Å². The molecule has 0 saturated heterocycles. The van der Waals surface area contributed by atoms with Crippen LogP contribution in [0.5, 0.6) is 5.75 Å². The maximum atomic E-state index is 12.9.